The highest BCUT2D eigenvalue weighted by molar-refractivity contribution is 7.88. The van der Waals surface area contributed by atoms with Crippen molar-refractivity contribution >= 4 is 15.9 Å². The molecule has 0 aromatic heterocycles. The quantitative estimate of drug-likeness (QED) is 0.790. The summed E-state index contributed by atoms with van der Waals surface area (Å²) in [6.07, 6.45) is 4.62. The van der Waals surface area contributed by atoms with E-state index >= 15 is 0 Å². The molecule has 2 saturated heterocycles. The molecule has 1 saturated carbocycles. The first kappa shape index (κ1) is 14.3. The lowest BCUT2D eigenvalue weighted by molar-refractivity contribution is -0.132. The van der Waals surface area contributed by atoms with E-state index in [4.69, 9.17) is 4.74 Å². The molecule has 20 heavy (non-hydrogen) atoms. The Morgan fingerprint density at radius 2 is 2.10 bits per heavy atom. The molecule has 3 fully saturated rings. The maximum absolute atomic E-state index is 12.0. The molecule has 0 radical (unpaired) electrons. The van der Waals surface area contributed by atoms with Crippen LogP contribution in [-0.4, -0.2) is 56.7 Å². The van der Waals surface area contributed by atoms with Gasteiger partial charge in [-0.2, -0.15) is 4.31 Å². The number of fused-ring (bicyclic) bond motifs is 1. The number of carbonyl (C=O) groups is 1. The number of amides is 1. The Morgan fingerprint density at radius 3 is 2.75 bits per heavy atom. The molecule has 3 atom stereocenters. The Kier molecular flexibility index (Phi) is 3.77. The molecule has 1 amide bonds. The first-order valence-corrected chi connectivity index (χ1v) is 9.16. The van der Waals surface area contributed by atoms with Crippen LogP contribution in [-0.2, 0) is 19.6 Å². The van der Waals surface area contributed by atoms with E-state index in [0.29, 0.717) is 24.9 Å². The van der Waals surface area contributed by atoms with Crippen molar-refractivity contribution in [3.8, 4) is 0 Å². The zero-order chi connectivity index (χ0) is 14.3. The van der Waals surface area contributed by atoms with Crippen molar-refractivity contribution in [3.63, 3.8) is 0 Å². The van der Waals surface area contributed by atoms with Crippen molar-refractivity contribution in [1.82, 2.24) is 9.62 Å². The van der Waals surface area contributed by atoms with Crippen LogP contribution >= 0.6 is 0 Å². The normalized spacial score (nSPS) is 34.8. The van der Waals surface area contributed by atoms with Crippen molar-refractivity contribution in [2.24, 2.45) is 11.8 Å². The van der Waals surface area contributed by atoms with Gasteiger partial charge < -0.3 is 10.1 Å². The van der Waals surface area contributed by atoms with Crippen molar-refractivity contribution < 1.29 is 17.9 Å². The van der Waals surface area contributed by atoms with Gasteiger partial charge in [0, 0.05) is 19.6 Å². The Morgan fingerprint density at radius 1 is 1.35 bits per heavy atom. The predicted octanol–water partition coefficient (Wildman–Crippen LogP) is -0.0484. The molecule has 2 heterocycles. The second kappa shape index (κ2) is 5.27. The van der Waals surface area contributed by atoms with E-state index in [-0.39, 0.29) is 12.0 Å². The van der Waals surface area contributed by atoms with E-state index in [1.807, 2.05) is 0 Å². The second-order valence-corrected chi connectivity index (χ2v) is 8.24. The van der Waals surface area contributed by atoms with E-state index in [9.17, 15) is 13.2 Å². The molecular formula is C13H22N2O4S. The maximum Gasteiger partial charge on any atom is 0.249 e. The van der Waals surface area contributed by atoms with Gasteiger partial charge >= 0.3 is 0 Å². The smallest absolute Gasteiger partial charge is 0.249 e. The Balaban J connectivity index is 1.54. The van der Waals surface area contributed by atoms with Crippen LogP contribution in [0.5, 0.6) is 0 Å². The van der Waals surface area contributed by atoms with Gasteiger partial charge in [0.2, 0.25) is 15.9 Å². The minimum Gasteiger partial charge on any atom is -0.363 e. The fraction of sp³-hybridized carbons (Fsp3) is 0.923. The SMILES string of the molecule is CS(=O)(=O)N1CC[C@@H]2C[C@@H](C(=O)NCC3CC3)O[C@H]2C1. The van der Waals surface area contributed by atoms with Crippen molar-refractivity contribution in [2.75, 3.05) is 25.9 Å². The van der Waals surface area contributed by atoms with E-state index in [0.717, 1.165) is 19.4 Å². The third kappa shape index (κ3) is 3.15. The topological polar surface area (TPSA) is 75.7 Å². The van der Waals surface area contributed by atoms with Crippen LogP contribution < -0.4 is 5.32 Å². The fourth-order valence-corrected chi connectivity index (χ4v) is 3.91. The van der Waals surface area contributed by atoms with Crippen LogP contribution in [0.25, 0.3) is 0 Å². The van der Waals surface area contributed by atoms with Gasteiger partial charge in [-0.3, -0.25) is 4.79 Å². The highest BCUT2D eigenvalue weighted by atomic mass is 32.2. The van der Waals surface area contributed by atoms with Crippen molar-refractivity contribution in [1.29, 1.82) is 0 Å². The molecule has 2 aliphatic heterocycles. The van der Waals surface area contributed by atoms with Crippen LogP contribution in [0.15, 0.2) is 0 Å². The molecule has 0 aromatic carbocycles. The zero-order valence-electron chi connectivity index (χ0n) is 11.7. The van der Waals surface area contributed by atoms with E-state index in [2.05, 4.69) is 5.32 Å². The van der Waals surface area contributed by atoms with E-state index < -0.39 is 16.1 Å². The summed E-state index contributed by atoms with van der Waals surface area (Å²) in [5.74, 6) is 0.935. The first-order valence-electron chi connectivity index (χ1n) is 7.32. The summed E-state index contributed by atoms with van der Waals surface area (Å²) in [6.45, 7) is 1.68. The van der Waals surface area contributed by atoms with E-state index in [1.54, 1.807) is 0 Å². The maximum atomic E-state index is 12.0. The van der Waals surface area contributed by atoms with Crippen molar-refractivity contribution in [3.05, 3.63) is 0 Å². The number of hydrogen-bond acceptors (Lipinski definition) is 4. The van der Waals surface area contributed by atoms with Crippen LogP contribution in [0.1, 0.15) is 25.7 Å². The van der Waals surface area contributed by atoms with Gasteiger partial charge in [-0.1, -0.05) is 0 Å². The summed E-state index contributed by atoms with van der Waals surface area (Å²) < 4.78 is 30.4. The molecule has 7 heteroatoms. The summed E-state index contributed by atoms with van der Waals surface area (Å²) in [7, 11) is -3.16. The molecule has 3 aliphatic rings. The molecule has 1 N–H and O–H groups in total. The summed E-state index contributed by atoms with van der Waals surface area (Å²) in [5, 5.41) is 2.94. The first-order chi connectivity index (χ1) is 9.43. The third-order valence-electron chi connectivity index (χ3n) is 4.54. The number of nitrogens with one attached hydrogen (secondary N) is 1. The summed E-state index contributed by atoms with van der Waals surface area (Å²) >= 11 is 0. The fourth-order valence-electron chi connectivity index (χ4n) is 3.05. The zero-order valence-corrected chi connectivity index (χ0v) is 12.6. The lowest BCUT2D eigenvalue weighted by Gasteiger charge is -2.32. The third-order valence-corrected chi connectivity index (χ3v) is 5.81. The monoisotopic (exact) mass is 302 g/mol. The van der Waals surface area contributed by atoms with Crippen LogP contribution in [0, 0.1) is 11.8 Å². The number of rotatable bonds is 4. The molecule has 6 nitrogen and oxygen atoms in total. The van der Waals surface area contributed by atoms with E-state index in [1.165, 1.54) is 23.4 Å². The Bertz CT molecular complexity index is 489. The Labute approximate surface area is 119 Å². The molecule has 114 valence electrons. The molecule has 0 bridgehead atoms. The van der Waals surface area contributed by atoms with Gasteiger partial charge in [-0.05, 0) is 37.5 Å². The minimum absolute atomic E-state index is 0.0304. The van der Waals surface area contributed by atoms with Gasteiger partial charge in [0.05, 0.1) is 12.4 Å². The lowest BCUT2D eigenvalue weighted by Crippen LogP contribution is -2.45. The predicted molar refractivity (Wildman–Crippen MR) is 73.5 cm³/mol. The highest BCUT2D eigenvalue weighted by Gasteiger charge is 2.43. The standard InChI is InChI=1S/C13H22N2O4S/c1-20(17,18)15-5-4-10-6-11(19-12(10)8-15)13(16)14-7-9-2-3-9/h9-12H,2-8H2,1H3,(H,14,16)/t10-,11+,12+/m1/s1. The number of hydrogen-bond donors (Lipinski definition) is 1. The largest absolute Gasteiger partial charge is 0.363 e. The van der Waals surface area contributed by atoms with Gasteiger partial charge in [-0.25, -0.2) is 8.42 Å². The number of piperidine rings is 1. The molecule has 0 unspecified atom stereocenters. The van der Waals surface area contributed by atoms with Crippen molar-refractivity contribution in [2.45, 2.75) is 37.9 Å². The number of ether oxygens (including phenoxy) is 1. The average molecular weight is 302 g/mol. The average Bonchev–Trinajstić information content (AvgIpc) is 3.11. The lowest BCUT2D eigenvalue weighted by atomic mass is 9.93. The summed E-state index contributed by atoms with van der Waals surface area (Å²) in [6, 6.07) is 0. The summed E-state index contributed by atoms with van der Waals surface area (Å²) in [4.78, 5) is 12.0. The molecule has 0 aromatic rings. The summed E-state index contributed by atoms with van der Waals surface area (Å²) in [5.41, 5.74) is 0. The minimum atomic E-state index is -3.16. The molecular weight excluding hydrogens is 280 g/mol. The number of sulfonamides is 1. The van der Waals surface area contributed by atoms with Crippen LogP contribution in [0.4, 0.5) is 0 Å². The second-order valence-electron chi connectivity index (χ2n) is 6.26. The van der Waals surface area contributed by atoms with Crippen LogP contribution in [0.3, 0.4) is 0 Å². The van der Waals surface area contributed by atoms with Crippen LogP contribution in [0.2, 0.25) is 0 Å². The van der Waals surface area contributed by atoms with Gasteiger partial charge in [0.25, 0.3) is 0 Å². The molecule has 1 aliphatic carbocycles. The van der Waals surface area contributed by atoms with Gasteiger partial charge in [-0.15, -0.1) is 0 Å². The number of carbonyl (C=O) groups excluding carboxylic acids is 1. The highest BCUT2D eigenvalue weighted by Crippen LogP contribution is 2.34. The molecule has 0 spiro atoms. The number of nitrogens with zero attached hydrogens (tertiary/aromatic N) is 1. The molecule has 3 rings (SSSR count). The Hall–Kier alpha value is -0.660. The van der Waals surface area contributed by atoms with Gasteiger partial charge in [0.1, 0.15) is 6.10 Å². The van der Waals surface area contributed by atoms with Gasteiger partial charge in [0.15, 0.2) is 0 Å².